The highest BCUT2D eigenvalue weighted by atomic mass is 79.9. The number of hydrogen-bond donors (Lipinski definition) is 1. The molecule has 0 aliphatic heterocycles. The fraction of sp³-hybridized carbons (Fsp3) is 0.500. The zero-order valence-corrected chi connectivity index (χ0v) is 25.7. The van der Waals surface area contributed by atoms with Gasteiger partial charge < -0.3 is 9.64 Å². The van der Waals surface area contributed by atoms with E-state index in [0.717, 1.165) is 15.6 Å². The van der Waals surface area contributed by atoms with Crippen molar-refractivity contribution in [2.75, 3.05) is 6.54 Å². The van der Waals surface area contributed by atoms with Crippen LogP contribution in [0.2, 0.25) is 0 Å². The first kappa shape index (κ1) is 31.3. The monoisotopic (exact) mass is 590 g/mol. The molecular weight excluding hydrogens is 548 g/mol. The van der Waals surface area contributed by atoms with E-state index < -0.39 is 26.9 Å². The second-order valence-electron chi connectivity index (χ2n) is 11.4. The van der Waals surface area contributed by atoms with Crippen LogP contribution in [0.25, 0.3) is 0 Å². The SMILES string of the molecule is C=CCC(CCCN(C(=O)OC(C)(C)C)[C@@H](C)c1ccc(Br)cc1)(NS(=O)C(C)(C)C)c1ccccc1. The maximum absolute atomic E-state index is 13.3. The molecule has 37 heavy (non-hydrogen) atoms. The lowest BCUT2D eigenvalue weighted by Gasteiger charge is -2.38. The molecule has 2 unspecified atom stereocenters. The van der Waals surface area contributed by atoms with E-state index in [2.05, 4.69) is 39.4 Å². The van der Waals surface area contributed by atoms with E-state index in [4.69, 9.17) is 4.74 Å². The summed E-state index contributed by atoms with van der Waals surface area (Å²) in [5, 5.41) is 0. The number of nitrogens with zero attached hydrogens (tertiary/aromatic N) is 1. The normalized spacial score (nSPS) is 15.4. The van der Waals surface area contributed by atoms with Gasteiger partial charge in [-0.3, -0.25) is 0 Å². The average molecular weight is 592 g/mol. The number of carbonyl (C=O) groups excluding carboxylic acids is 1. The van der Waals surface area contributed by atoms with Crippen molar-refractivity contribution in [1.29, 1.82) is 0 Å². The van der Waals surface area contributed by atoms with Crippen LogP contribution in [0.4, 0.5) is 4.79 Å². The molecule has 0 aromatic heterocycles. The van der Waals surface area contributed by atoms with Gasteiger partial charge in [-0.25, -0.2) is 13.7 Å². The average Bonchev–Trinajstić information content (AvgIpc) is 2.80. The van der Waals surface area contributed by atoms with Gasteiger partial charge in [0.2, 0.25) is 0 Å². The van der Waals surface area contributed by atoms with Crippen LogP contribution in [-0.4, -0.2) is 32.1 Å². The molecule has 0 saturated carbocycles. The molecule has 5 nitrogen and oxygen atoms in total. The smallest absolute Gasteiger partial charge is 0.410 e. The summed E-state index contributed by atoms with van der Waals surface area (Å²) >= 11 is 3.49. The number of hydrogen-bond acceptors (Lipinski definition) is 3. The highest BCUT2D eigenvalue weighted by Gasteiger charge is 2.36. The van der Waals surface area contributed by atoms with Gasteiger partial charge in [0.25, 0.3) is 0 Å². The summed E-state index contributed by atoms with van der Waals surface area (Å²) in [4.78, 5) is 15.1. The molecule has 0 bridgehead atoms. The molecule has 0 saturated heterocycles. The van der Waals surface area contributed by atoms with Gasteiger partial charge in [-0.2, -0.15) is 0 Å². The third-order valence-corrected chi connectivity index (χ3v) is 8.33. The van der Waals surface area contributed by atoms with E-state index in [9.17, 15) is 9.00 Å². The molecule has 1 N–H and O–H groups in total. The zero-order chi connectivity index (χ0) is 27.9. The Morgan fingerprint density at radius 2 is 1.68 bits per heavy atom. The van der Waals surface area contributed by atoms with E-state index in [1.165, 1.54) is 0 Å². The summed E-state index contributed by atoms with van der Waals surface area (Å²) in [6.45, 7) is 18.0. The second-order valence-corrected chi connectivity index (χ2v) is 14.3. The number of nitrogens with one attached hydrogen (secondary N) is 1. The van der Waals surface area contributed by atoms with Crippen molar-refractivity contribution in [3.63, 3.8) is 0 Å². The summed E-state index contributed by atoms with van der Waals surface area (Å²) < 4.78 is 23.1. The summed E-state index contributed by atoms with van der Waals surface area (Å²) in [7, 11) is -1.29. The predicted molar refractivity (Wildman–Crippen MR) is 159 cm³/mol. The maximum Gasteiger partial charge on any atom is 0.410 e. The molecule has 0 heterocycles. The highest BCUT2D eigenvalue weighted by molar-refractivity contribution is 9.10. The summed E-state index contributed by atoms with van der Waals surface area (Å²) in [6.07, 6.45) is 3.47. The van der Waals surface area contributed by atoms with Crippen molar-refractivity contribution >= 4 is 33.0 Å². The minimum atomic E-state index is -1.29. The summed E-state index contributed by atoms with van der Waals surface area (Å²) in [5.41, 5.74) is 0.900. The largest absolute Gasteiger partial charge is 0.444 e. The molecule has 0 fully saturated rings. The number of ether oxygens (including phenoxy) is 1. The van der Waals surface area contributed by atoms with Crippen LogP contribution in [0.3, 0.4) is 0 Å². The molecular formula is C30H43BrN2O3S. The Bertz CT molecular complexity index is 1050. The molecule has 0 spiro atoms. The quantitative estimate of drug-likeness (QED) is 0.269. The Morgan fingerprint density at radius 1 is 1.08 bits per heavy atom. The van der Waals surface area contributed by atoms with Crippen LogP contribution in [0.15, 0.2) is 71.7 Å². The summed E-state index contributed by atoms with van der Waals surface area (Å²) in [5.74, 6) is 0. The van der Waals surface area contributed by atoms with Gasteiger partial charge in [0.05, 0.1) is 27.3 Å². The Balaban J connectivity index is 2.36. The molecule has 0 aliphatic rings. The Morgan fingerprint density at radius 3 is 2.19 bits per heavy atom. The van der Waals surface area contributed by atoms with Crippen molar-refractivity contribution in [1.82, 2.24) is 9.62 Å². The van der Waals surface area contributed by atoms with Crippen LogP contribution in [0.5, 0.6) is 0 Å². The lowest BCUT2D eigenvalue weighted by atomic mass is 9.83. The van der Waals surface area contributed by atoms with Gasteiger partial charge >= 0.3 is 6.09 Å². The van der Waals surface area contributed by atoms with E-state index in [0.29, 0.717) is 25.8 Å². The lowest BCUT2D eigenvalue weighted by molar-refractivity contribution is 0.0165. The van der Waals surface area contributed by atoms with Crippen LogP contribution >= 0.6 is 15.9 Å². The van der Waals surface area contributed by atoms with Crippen molar-refractivity contribution in [2.45, 2.75) is 89.7 Å². The van der Waals surface area contributed by atoms with Crippen LogP contribution < -0.4 is 4.72 Å². The van der Waals surface area contributed by atoms with Gasteiger partial charge in [-0.1, -0.05) is 64.5 Å². The number of rotatable bonds is 11. The Hall–Kier alpha value is -1.96. The highest BCUT2D eigenvalue weighted by Crippen LogP contribution is 2.34. The maximum atomic E-state index is 13.3. The number of halogens is 1. The van der Waals surface area contributed by atoms with Crippen molar-refractivity contribution in [3.8, 4) is 0 Å². The Labute approximate surface area is 234 Å². The molecule has 2 aromatic rings. The first-order chi connectivity index (χ1) is 17.2. The second kappa shape index (κ2) is 13.2. The van der Waals surface area contributed by atoms with Crippen molar-refractivity contribution < 1.29 is 13.7 Å². The van der Waals surface area contributed by atoms with Gasteiger partial charge in [-0.15, -0.1) is 6.58 Å². The van der Waals surface area contributed by atoms with Gasteiger partial charge in [0.15, 0.2) is 0 Å². The Kier molecular flexibility index (Phi) is 11.2. The minimum absolute atomic E-state index is 0.176. The minimum Gasteiger partial charge on any atom is -0.444 e. The molecule has 7 heteroatoms. The first-order valence-corrected chi connectivity index (χ1v) is 14.7. The van der Waals surface area contributed by atoms with Crippen molar-refractivity contribution in [2.24, 2.45) is 0 Å². The summed E-state index contributed by atoms with van der Waals surface area (Å²) in [6, 6.07) is 17.9. The topological polar surface area (TPSA) is 58.6 Å². The molecule has 3 atom stereocenters. The molecule has 0 radical (unpaired) electrons. The number of amides is 1. The van der Waals surface area contributed by atoms with Crippen molar-refractivity contribution in [3.05, 3.63) is 82.9 Å². The van der Waals surface area contributed by atoms with Crippen LogP contribution in [0, 0.1) is 0 Å². The van der Waals surface area contributed by atoms with Crippen LogP contribution in [0.1, 0.15) is 84.9 Å². The predicted octanol–water partition coefficient (Wildman–Crippen LogP) is 8.05. The third-order valence-electron chi connectivity index (χ3n) is 6.11. The zero-order valence-electron chi connectivity index (χ0n) is 23.3. The fourth-order valence-corrected chi connectivity index (χ4v) is 5.31. The molecule has 0 aliphatic carbocycles. The van der Waals surface area contributed by atoms with E-state index in [1.54, 1.807) is 4.90 Å². The first-order valence-electron chi connectivity index (χ1n) is 12.8. The number of carbonyl (C=O) groups is 1. The van der Waals surface area contributed by atoms with Crippen LogP contribution in [-0.2, 0) is 21.3 Å². The fourth-order valence-electron chi connectivity index (χ4n) is 4.09. The lowest BCUT2D eigenvalue weighted by Crippen LogP contribution is -2.48. The molecule has 1 amide bonds. The standard InChI is InChI=1S/C30H43BrN2O3S/c1-9-20-30(25-14-11-10-12-15-25,32-37(35)29(6,7)8)21-13-22-33(27(34)36-28(3,4)5)23(2)24-16-18-26(31)19-17-24/h9-12,14-19,23,32H,1,13,20-22H2,2-8H3/t23-,30?,37?/m0/s1. The van der Waals surface area contributed by atoms with E-state index in [1.807, 2.05) is 97.0 Å². The van der Waals surface area contributed by atoms with E-state index >= 15 is 0 Å². The van der Waals surface area contributed by atoms with Gasteiger partial charge in [0, 0.05) is 11.0 Å². The molecule has 2 aromatic carbocycles. The van der Waals surface area contributed by atoms with Gasteiger partial charge in [0.1, 0.15) is 5.60 Å². The third kappa shape index (κ3) is 9.38. The van der Waals surface area contributed by atoms with E-state index in [-0.39, 0.29) is 12.1 Å². The molecule has 2 rings (SSSR count). The van der Waals surface area contributed by atoms with Gasteiger partial charge in [-0.05, 0) is 91.0 Å². The molecule has 204 valence electrons. The number of benzene rings is 2.